The molecule has 0 radical (unpaired) electrons. The first-order chi connectivity index (χ1) is 12.2. The molecule has 0 aliphatic carbocycles. The summed E-state index contributed by atoms with van der Waals surface area (Å²) >= 11 is 0. The van der Waals surface area contributed by atoms with Gasteiger partial charge in [0.05, 0.1) is 10.6 Å². The van der Waals surface area contributed by atoms with Gasteiger partial charge < -0.3 is 0 Å². The zero-order chi connectivity index (χ0) is 19.5. The highest BCUT2D eigenvalue weighted by Crippen LogP contribution is 2.22. The number of rotatable bonds is 7. The van der Waals surface area contributed by atoms with E-state index in [2.05, 4.69) is 0 Å². The third-order valence-corrected chi connectivity index (χ3v) is 5.92. The normalized spacial score (nSPS) is 12.4. The second-order valence-electron chi connectivity index (χ2n) is 6.02. The monoisotopic (exact) mass is 372 g/mol. The first-order valence-electron chi connectivity index (χ1n) is 8.16. The molecule has 0 spiro atoms. The molecule has 0 saturated carbocycles. The van der Waals surface area contributed by atoms with Crippen molar-refractivity contribution in [2.75, 3.05) is 5.75 Å². The fourth-order valence-corrected chi connectivity index (χ4v) is 3.65. The van der Waals surface area contributed by atoms with Crippen LogP contribution in [-0.2, 0) is 14.6 Å². The Bertz CT molecular complexity index is 959. The fraction of sp³-hybridized carbons (Fsp3) is 0.250. The summed E-state index contributed by atoms with van der Waals surface area (Å²) in [5.41, 5.74) is 0.866. The Labute approximate surface area is 153 Å². The minimum Gasteiger partial charge on any atom is -0.299 e. The molecule has 5 nitrogen and oxygen atoms in total. The summed E-state index contributed by atoms with van der Waals surface area (Å²) < 4.78 is 24.0. The van der Waals surface area contributed by atoms with Gasteiger partial charge in [0.2, 0.25) is 0 Å². The maximum atomic E-state index is 12.9. The molecule has 0 saturated heterocycles. The Morgan fingerprint density at radius 1 is 0.962 bits per heavy atom. The van der Waals surface area contributed by atoms with Crippen LogP contribution in [0.15, 0.2) is 53.4 Å². The van der Waals surface area contributed by atoms with Gasteiger partial charge in [-0.1, -0.05) is 37.3 Å². The lowest BCUT2D eigenvalue weighted by Crippen LogP contribution is -2.31. The third kappa shape index (κ3) is 3.96. The molecule has 0 aliphatic heterocycles. The van der Waals surface area contributed by atoms with Crippen molar-refractivity contribution in [3.8, 4) is 0 Å². The van der Waals surface area contributed by atoms with Crippen molar-refractivity contribution in [3.05, 3.63) is 65.2 Å². The average molecular weight is 372 g/mol. The second-order valence-corrected chi connectivity index (χ2v) is 8.30. The van der Waals surface area contributed by atoms with Crippen molar-refractivity contribution in [2.45, 2.75) is 25.7 Å². The van der Waals surface area contributed by atoms with E-state index < -0.39 is 33.1 Å². The van der Waals surface area contributed by atoms with Crippen LogP contribution < -0.4 is 0 Å². The summed E-state index contributed by atoms with van der Waals surface area (Å²) in [6.45, 7) is 4.33. The van der Waals surface area contributed by atoms with Gasteiger partial charge in [0.1, 0.15) is 11.7 Å². The van der Waals surface area contributed by atoms with Gasteiger partial charge in [0.25, 0.3) is 0 Å². The average Bonchev–Trinajstić information content (AvgIpc) is 2.61. The van der Waals surface area contributed by atoms with Crippen LogP contribution in [0.3, 0.4) is 0 Å². The molecule has 0 N–H and O–H groups in total. The molecular weight excluding hydrogens is 352 g/mol. The predicted octanol–water partition coefficient (Wildman–Crippen LogP) is 3.06. The number of benzene rings is 2. The van der Waals surface area contributed by atoms with Crippen LogP contribution in [0.25, 0.3) is 0 Å². The lowest BCUT2D eigenvalue weighted by Gasteiger charge is -2.14. The summed E-state index contributed by atoms with van der Waals surface area (Å²) in [4.78, 5) is 37.6. The standard InChI is InChI=1S/C20H20O5S/c1-4-26(24,25)16-10-11-17(13(2)12-16)20(23)18(14(3)21)19(22)15-8-6-5-7-9-15/h5-12,18H,4H2,1-3H3. The Hall–Kier alpha value is -2.60. The number of aryl methyl sites for hydroxylation is 1. The van der Waals surface area contributed by atoms with E-state index in [1.54, 1.807) is 37.3 Å². The molecular formula is C20H20O5S. The van der Waals surface area contributed by atoms with Crippen molar-refractivity contribution in [1.82, 2.24) is 0 Å². The quantitative estimate of drug-likeness (QED) is 0.551. The highest BCUT2D eigenvalue weighted by atomic mass is 32.2. The van der Waals surface area contributed by atoms with E-state index in [0.717, 1.165) is 0 Å². The topological polar surface area (TPSA) is 85.3 Å². The molecule has 2 rings (SSSR count). The van der Waals surface area contributed by atoms with Crippen LogP contribution in [-0.4, -0.2) is 31.5 Å². The summed E-state index contributed by atoms with van der Waals surface area (Å²) in [5, 5.41) is 0. The van der Waals surface area contributed by atoms with E-state index in [0.29, 0.717) is 5.56 Å². The summed E-state index contributed by atoms with van der Waals surface area (Å²) in [7, 11) is -3.40. The number of ketones is 3. The van der Waals surface area contributed by atoms with Gasteiger partial charge >= 0.3 is 0 Å². The van der Waals surface area contributed by atoms with E-state index in [4.69, 9.17) is 0 Å². The molecule has 1 atom stereocenters. The maximum absolute atomic E-state index is 12.9. The summed E-state index contributed by atoms with van der Waals surface area (Å²) in [6.07, 6.45) is 0. The minimum absolute atomic E-state index is 0.0533. The Balaban J connectivity index is 2.45. The number of hydrogen-bond donors (Lipinski definition) is 0. The molecule has 0 fully saturated rings. The van der Waals surface area contributed by atoms with Crippen LogP contribution in [0, 0.1) is 12.8 Å². The van der Waals surface area contributed by atoms with Gasteiger partial charge in [-0.3, -0.25) is 14.4 Å². The van der Waals surface area contributed by atoms with Gasteiger partial charge in [-0.05, 0) is 37.6 Å². The first kappa shape index (κ1) is 19.7. The van der Waals surface area contributed by atoms with Crippen molar-refractivity contribution < 1.29 is 22.8 Å². The summed E-state index contributed by atoms with van der Waals surface area (Å²) in [5.74, 6) is -3.22. The molecule has 6 heteroatoms. The lowest BCUT2D eigenvalue weighted by atomic mass is 9.86. The van der Waals surface area contributed by atoms with Crippen LogP contribution in [0.5, 0.6) is 0 Å². The highest BCUT2D eigenvalue weighted by molar-refractivity contribution is 7.91. The van der Waals surface area contributed by atoms with Gasteiger partial charge in [-0.25, -0.2) is 8.42 Å². The van der Waals surface area contributed by atoms with Crippen molar-refractivity contribution >= 4 is 27.2 Å². The number of carbonyl (C=O) groups is 3. The van der Waals surface area contributed by atoms with E-state index in [-0.39, 0.29) is 21.8 Å². The molecule has 0 aromatic heterocycles. The van der Waals surface area contributed by atoms with E-state index in [1.165, 1.54) is 32.0 Å². The lowest BCUT2D eigenvalue weighted by molar-refractivity contribution is -0.118. The molecule has 2 aromatic carbocycles. The minimum atomic E-state index is -3.40. The molecule has 136 valence electrons. The van der Waals surface area contributed by atoms with Crippen LogP contribution >= 0.6 is 0 Å². The predicted molar refractivity (Wildman–Crippen MR) is 98.2 cm³/mol. The first-order valence-corrected chi connectivity index (χ1v) is 9.81. The number of hydrogen-bond acceptors (Lipinski definition) is 5. The molecule has 0 aliphatic rings. The SMILES string of the molecule is CCS(=O)(=O)c1ccc(C(=O)C(C(C)=O)C(=O)c2ccccc2)c(C)c1. The van der Waals surface area contributed by atoms with Gasteiger partial charge in [-0.15, -0.1) is 0 Å². The number of Topliss-reactive ketones (excluding diaryl/α,β-unsaturated/α-hetero) is 3. The zero-order valence-electron chi connectivity index (χ0n) is 14.9. The molecule has 0 amide bonds. The summed E-state index contributed by atoms with van der Waals surface area (Å²) in [6, 6.07) is 12.3. The Morgan fingerprint density at radius 3 is 2.08 bits per heavy atom. The second kappa shape index (κ2) is 7.74. The molecule has 2 aromatic rings. The third-order valence-electron chi connectivity index (χ3n) is 4.19. The fourth-order valence-electron chi connectivity index (χ4n) is 2.69. The number of carbonyl (C=O) groups excluding carboxylic acids is 3. The molecule has 26 heavy (non-hydrogen) atoms. The van der Waals surface area contributed by atoms with Crippen LogP contribution in [0.4, 0.5) is 0 Å². The largest absolute Gasteiger partial charge is 0.299 e. The van der Waals surface area contributed by atoms with Crippen LogP contribution in [0.1, 0.15) is 40.1 Å². The van der Waals surface area contributed by atoms with Gasteiger partial charge in [0, 0.05) is 11.1 Å². The van der Waals surface area contributed by atoms with Crippen LogP contribution in [0.2, 0.25) is 0 Å². The number of sulfone groups is 1. The molecule has 0 heterocycles. The van der Waals surface area contributed by atoms with E-state index in [1.807, 2.05) is 0 Å². The van der Waals surface area contributed by atoms with Gasteiger partial charge in [-0.2, -0.15) is 0 Å². The molecule has 1 unspecified atom stereocenters. The smallest absolute Gasteiger partial charge is 0.181 e. The highest BCUT2D eigenvalue weighted by Gasteiger charge is 2.33. The van der Waals surface area contributed by atoms with Crippen molar-refractivity contribution in [3.63, 3.8) is 0 Å². The van der Waals surface area contributed by atoms with Gasteiger partial charge in [0.15, 0.2) is 21.4 Å². The van der Waals surface area contributed by atoms with Crippen molar-refractivity contribution in [1.29, 1.82) is 0 Å². The zero-order valence-corrected chi connectivity index (χ0v) is 15.7. The van der Waals surface area contributed by atoms with Crippen molar-refractivity contribution in [2.24, 2.45) is 5.92 Å². The molecule has 0 bridgehead atoms. The van der Waals surface area contributed by atoms with E-state index >= 15 is 0 Å². The van der Waals surface area contributed by atoms with E-state index in [9.17, 15) is 22.8 Å². The Morgan fingerprint density at radius 2 is 1.58 bits per heavy atom. The maximum Gasteiger partial charge on any atom is 0.181 e. The Kier molecular flexibility index (Phi) is 5.87.